The predicted octanol–water partition coefficient (Wildman–Crippen LogP) is 3.86. The molecule has 0 saturated carbocycles. The van der Waals surface area contributed by atoms with E-state index in [-0.39, 0.29) is 11.8 Å². The normalized spacial score (nSPS) is 12.1. The van der Waals surface area contributed by atoms with Gasteiger partial charge in [-0.05, 0) is 24.5 Å². The number of fused-ring (bicyclic) bond motifs is 1. The highest BCUT2D eigenvalue weighted by atomic mass is 32.1. The Kier molecular flexibility index (Phi) is 6.30. The summed E-state index contributed by atoms with van der Waals surface area (Å²) in [6, 6.07) is 7.05. The fourth-order valence-electron chi connectivity index (χ4n) is 2.76. The second-order valence-electron chi connectivity index (χ2n) is 7.04. The number of benzene rings is 1. The second-order valence-corrected chi connectivity index (χ2v) is 7.89. The number of nitrogens with one attached hydrogen (secondary N) is 3. The SMILES string of the molecule is Cc1csc(NC(=O)[C@H](Cc2c[nH]c3ccccc23)NC(=O)OCC(C)C)n1. The summed E-state index contributed by atoms with van der Waals surface area (Å²) in [5.74, 6) is -0.119. The van der Waals surface area contributed by atoms with Crippen molar-refractivity contribution in [2.24, 2.45) is 5.92 Å². The number of nitrogens with zero attached hydrogens (tertiary/aromatic N) is 1. The molecule has 0 aliphatic rings. The molecule has 0 bridgehead atoms. The maximum atomic E-state index is 12.8. The number of aromatic amines is 1. The quantitative estimate of drug-likeness (QED) is 0.561. The summed E-state index contributed by atoms with van der Waals surface area (Å²) < 4.78 is 5.19. The summed E-state index contributed by atoms with van der Waals surface area (Å²) in [6.07, 6.45) is 1.58. The smallest absolute Gasteiger partial charge is 0.407 e. The van der Waals surface area contributed by atoms with E-state index in [1.54, 1.807) is 0 Å². The van der Waals surface area contributed by atoms with Crippen molar-refractivity contribution in [3.63, 3.8) is 0 Å². The van der Waals surface area contributed by atoms with Gasteiger partial charge in [0.15, 0.2) is 5.13 Å². The zero-order valence-corrected chi connectivity index (χ0v) is 16.9. The fraction of sp³-hybridized carbons (Fsp3) is 0.350. The first-order chi connectivity index (χ1) is 13.4. The maximum Gasteiger partial charge on any atom is 0.407 e. The van der Waals surface area contributed by atoms with Gasteiger partial charge in [0, 0.05) is 28.9 Å². The fourth-order valence-corrected chi connectivity index (χ4v) is 3.45. The van der Waals surface area contributed by atoms with Gasteiger partial charge < -0.3 is 20.4 Å². The van der Waals surface area contributed by atoms with Crippen LogP contribution in [-0.2, 0) is 16.0 Å². The van der Waals surface area contributed by atoms with Crippen LogP contribution in [0, 0.1) is 12.8 Å². The third kappa shape index (κ3) is 5.10. The number of carbonyl (C=O) groups excluding carboxylic acids is 2. The van der Waals surface area contributed by atoms with E-state index in [4.69, 9.17) is 4.74 Å². The third-order valence-corrected chi connectivity index (χ3v) is 4.98. The zero-order valence-electron chi connectivity index (χ0n) is 16.1. The van der Waals surface area contributed by atoms with Gasteiger partial charge in [-0.2, -0.15) is 0 Å². The van der Waals surface area contributed by atoms with E-state index in [1.165, 1.54) is 11.3 Å². The number of anilines is 1. The molecule has 3 rings (SSSR count). The molecule has 0 unspecified atom stereocenters. The average Bonchev–Trinajstić information content (AvgIpc) is 3.25. The Bertz CT molecular complexity index is 963. The van der Waals surface area contributed by atoms with Crippen LogP contribution in [0.1, 0.15) is 25.1 Å². The summed E-state index contributed by atoms with van der Waals surface area (Å²) in [5, 5.41) is 8.85. The van der Waals surface area contributed by atoms with Crippen LogP contribution >= 0.6 is 11.3 Å². The van der Waals surface area contributed by atoms with E-state index in [0.29, 0.717) is 18.2 Å². The Labute approximate surface area is 167 Å². The monoisotopic (exact) mass is 400 g/mol. The Morgan fingerprint density at radius 3 is 2.79 bits per heavy atom. The molecule has 148 valence electrons. The first-order valence-electron chi connectivity index (χ1n) is 9.13. The van der Waals surface area contributed by atoms with Crippen LogP contribution < -0.4 is 10.6 Å². The lowest BCUT2D eigenvalue weighted by Crippen LogP contribution is -2.45. The lowest BCUT2D eigenvalue weighted by atomic mass is 10.0. The van der Waals surface area contributed by atoms with E-state index in [2.05, 4.69) is 20.6 Å². The second kappa shape index (κ2) is 8.88. The summed E-state index contributed by atoms with van der Waals surface area (Å²) in [5.41, 5.74) is 2.75. The van der Waals surface area contributed by atoms with Crippen molar-refractivity contribution in [2.45, 2.75) is 33.2 Å². The first-order valence-corrected chi connectivity index (χ1v) is 10.0. The Morgan fingerprint density at radius 1 is 1.29 bits per heavy atom. The van der Waals surface area contributed by atoms with E-state index < -0.39 is 12.1 Å². The molecule has 7 nitrogen and oxygen atoms in total. The predicted molar refractivity (Wildman–Crippen MR) is 111 cm³/mol. The molecular formula is C20H24N4O3S. The van der Waals surface area contributed by atoms with Gasteiger partial charge >= 0.3 is 6.09 Å². The minimum Gasteiger partial charge on any atom is -0.449 e. The van der Waals surface area contributed by atoms with Gasteiger partial charge in [0.2, 0.25) is 5.91 Å². The topological polar surface area (TPSA) is 96.1 Å². The Morgan fingerprint density at radius 2 is 2.07 bits per heavy atom. The van der Waals surface area contributed by atoms with Crippen molar-refractivity contribution < 1.29 is 14.3 Å². The number of aryl methyl sites for hydroxylation is 1. The van der Waals surface area contributed by atoms with Crippen LogP contribution in [-0.4, -0.2) is 34.6 Å². The van der Waals surface area contributed by atoms with Crippen molar-refractivity contribution in [2.75, 3.05) is 11.9 Å². The third-order valence-electron chi connectivity index (χ3n) is 4.10. The van der Waals surface area contributed by atoms with Crippen LogP contribution in [0.3, 0.4) is 0 Å². The number of rotatable bonds is 7. The zero-order chi connectivity index (χ0) is 20.1. The van der Waals surface area contributed by atoms with Gasteiger partial charge in [-0.25, -0.2) is 9.78 Å². The first kappa shape index (κ1) is 19.9. The van der Waals surface area contributed by atoms with Gasteiger partial charge in [0.25, 0.3) is 0 Å². The van der Waals surface area contributed by atoms with Crippen LogP contribution in [0.25, 0.3) is 10.9 Å². The molecule has 0 saturated heterocycles. The molecule has 28 heavy (non-hydrogen) atoms. The molecule has 0 spiro atoms. The standard InChI is InChI=1S/C20H24N4O3S/c1-12(2)10-27-20(26)23-17(18(25)24-19-22-13(3)11-28-19)8-14-9-21-16-7-5-4-6-15(14)16/h4-7,9,11-12,17,21H,8,10H2,1-3H3,(H,23,26)(H,22,24,25)/t17-/m0/s1. The Balaban J connectivity index is 1.76. The molecule has 3 aromatic rings. The summed E-state index contributed by atoms with van der Waals surface area (Å²) in [7, 11) is 0. The number of alkyl carbamates (subject to hydrolysis) is 1. The van der Waals surface area contributed by atoms with E-state index in [1.807, 2.05) is 56.6 Å². The molecule has 1 aromatic carbocycles. The number of para-hydroxylation sites is 1. The van der Waals surface area contributed by atoms with Crippen LogP contribution in [0.5, 0.6) is 0 Å². The van der Waals surface area contributed by atoms with Gasteiger partial charge in [0.05, 0.1) is 12.3 Å². The van der Waals surface area contributed by atoms with Crippen molar-refractivity contribution in [3.05, 3.63) is 47.1 Å². The van der Waals surface area contributed by atoms with Gasteiger partial charge in [0.1, 0.15) is 6.04 Å². The molecular weight excluding hydrogens is 376 g/mol. The lowest BCUT2D eigenvalue weighted by Gasteiger charge is -2.18. The molecule has 0 aliphatic heterocycles. The van der Waals surface area contributed by atoms with E-state index in [0.717, 1.165) is 22.2 Å². The largest absolute Gasteiger partial charge is 0.449 e. The minimum absolute atomic E-state index is 0.213. The van der Waals surface area contributed by atoms with Gasteiger partial charge in [-0.1, -0.05) is 32.0 Å². The number of carbonyl (C=O) groups is 2. The number of H-pyrrole nitrogens is 1. The van der Waals surface area contributed by atoms with Crippen LogP contribution in [0.2, 0.25) is 0 Å². The molecule has 8 heteroatoms. The van der Waals surface area contributed by atoms with E-state index >= 15 is 0 Å². The lowest BCUT2D eigenvalue weighted by molar-refractivity contribution is -0.118. The molecule has 1 atom stereocenters. The van der Waals surface area contributed by atoms with Crippen LogP contribution in [0.15, 0.2) is 35.8 Å². The average molecular weight is 401 g/mol. The number of ether oxygens (including phenoxy) is 1. The van der Waals surface area contributed by atoms with Crippen molar-refractivity contribution >= 4 is 39.4 Å². The molecule has 0 radical (unpaired) electrons. The number of hydrogen-bond acceptors (Lipinski definition) is 5. The van der Waals surface area contributed by atoms with Crippen molar-refractivity contribution in [3.8, 4) is 0 Å². The highest BCUT2D eigenvalue weighted by Crippen LogP contribution is 2.20. The van der Waals surface area contributed by atoms with E-state index in [9.17, 15) is 9.59 Å². The minimum atomic E-state index is -0.789. The summed E-state index contributed by atoms with van der Waals surface area (Å²) in [4.78, 5) is 32.5. The molecule has 2 aromatic heterocycles. The Hall–Kier alpha value is -2.87. The molecule has 3 N–H and O–H groups in total. The highest BCUT2D eigenvalue weighted by Gasteiger charge is 2.24. The number of thiazole rings is 1. The van der Waals surface area contributed by atoms with Crippen LogP contribution in [0.4, 0.5) is 9.93 Å². The van der Waals surface area contributed by atoms with Crippen molar-refractivity contribution in [1.82, 2.24) is 15.3 Å². The molecule has 2 amide bonds. The number of aromatic nitrogens is 2. The molecule has 0 aliphatic carbocycles. The van der Waals surface area contributed by atoms with Crippen molar-refractivity contribution in [1.29, 1.82) is 0 Å². The molecule has 2 heterocycles. The maximum absolute atomic E-state index is 12.8. The molecule has 0 fully saturated rings. The number of hydrogen-bond donors (Lipinski definition) is 3. The number of amides is 2. The summed E-state index contributed by atoms with van der Waals surface area (Å²) in [6.45, 7) is 6.05. The summed E-state index contributed by atoms with van der Waals surface area (Å²) >= 11 is 1.35. The highest BCUT2D eigenvalue weighted by molar-refractivity contribution is 7.13. The van der Waals surface area contributed by atoms with Gasteiger partial charge in [-0.3, -0.25) is 4.79 Å². The van der Waals surface area contributed by atoms with Gasteiger partial charge in [-0.15, -0.1) is 11.3 Å².